The first-order valence-corrected chi connectivity index (χ1v) is 7.07. The molecule has 94 valence electrons. The molecule has 0 heterocycles. The van der Waals surface area contributed by atoms with E-state index in [0.717, 1.165) is 11.1 Å². The van der Waals surface area contributed by atoms with Gasteiger partial charge in [-0.1, -0.05) is 23.8 Å². The first-order valence-electron chi connectivity index (χ1n) is 5.59. The Morgan fingerprint density at radius 2 is 1.44 bits per heavy atom. The van der Waals surface area contributed by atoms with Crippen molar-refractivity contribution in [2.45, 2.75) is 23.6 Å². The van der Waals surface area contributed by atoms with Crippen LogP contribution in [0.15, 0.2) is 52.3 Å². The lowest BCUT2D eigenvalue weighted by Gasteiger charge is -2.08. The van der Waals surface area contributed by atoms with E-state index in [4.69, 9.17) is 5.73 Å². The van der Waals surface area contributed by atoms with E-state index in [1.165, 1.54) is 0 Å². The maximum absolute atomic E-state index is 12.4. The molecule has 0 fully saturated rings. The van der Waals surface area contributed by atoms with Crippen LogP contribution in [0.25, 0.3) is 0 Å². The predicted molar refractivity (Wildman–Crippen MR) is 72.2 cm³/mol. The van der Waals surface area contributed by atoms with Gasteiger partial charge in [-0.15, -0.1) is 0 Å². The van der Waals surface area contributed by atoms with E-state index in [2.05, 4.69) is 0 Å². The third kappa shape index (κ3) is 2.24. The van der Waals surface area contributed by atoms with Crippen LogP contribution in [0, 0.1) is 13.8 Å². The van der Waals surface area contributed by atoms with Gasteiger partial charge in [0.15, 0.2) is 0 Å². The van der Waals surface area contributed by atoms with Gasteiger partial charge in [0.2, 0.25) is 9.84 Å². The van der Waals surface area contributed by atoms with Crippen LogP contribution in [0.5, 0.6) is 0 Å². The maximum Gasteiger partial charge on any atom is 0.208 e. The van der Waals surface area contributed by atoms with Crippen LogP contribution in [-0.2, 0) is 9.84 Å². The SMILES string of the molecule is Cc1ccc(S(=O)(=O)c2cc(C)ccc2N)cc1. The summed E-state index contributed by atoms with van der Waals surface area (Å²) in [6.45, 7) is 3.75. The highest BCUT2D eigenvalue weighted by Gasteiger charge is 2.20. The lowest BCUT2D eigenvalue weighted by molar-refractivity contribution is 0.596. The van der Waals surface area contributed by atoms with Crippen LogP contribution in [0.2, 0.25) is 0 Å². The Balaban J connectivity index is 2.61. The van der Waals surface area contributed by atoms with E-state index in [9.17, 15) is 8.42 Å². The van der Waals surface area contributed by atoms with Crippen molar-refractivity contribution in [1.29, 1.82) is 0 Å². The minimum absolute atomic E-state index is 0.173. The van der Waals surface area contributed by atoms with Gasteiger partial charge in [-0.25, -0.2) is 8.42 Å². The van der Waals surface area contributed by atoms with Crippen molar-refractivity contribution in [3.63, 3.8) is 0 Å². The molecule has 0 saturated heterocycles. The molecule has 2 aromatic carbocycles. The molecular formula is C14H15NO2S. The van der Waals surface area contributed by atoms with Crippen LogP contribution >= 0.6 is 0 Å². The Labute approximate surface area is 107 Å². The van der Waals surface area contributed by atoms with Gasteiger partial charge < -0.3 is 5.73 Å². The van der Waals surface area contributed by atoms with E-state index in [1.807, 2.05) is 13.8 Å². The van der Waals surface area contributed by atoms with Crippen LogP contribution in [-0.4, -0.2) is 8.42 Å². The molecular weight excluding hydrogens is 246 g/mol. The molecule has 2 rings (SSSR count). The standard InChI is InChI=1S/C14H15NO2S/c1-10-3-6-12(7-4-10)18(16,17)14-9-11(2)5-8-13(14)15/h3-9H,15H2,1-2H3. The fourth-order valence-corrected chi connectivity index (χ4v) is 3.19. The number of nitrogen functional groups attached to an aromatic ring is 1. The van der Waals surface area contributed by atoms with Gasteiger partial charge in [0.25, 0.3) is 0 Å². The molecule has 0 spiro atoms. The summed E-state index contributed by atoms with van der Waals surface area (Å²) in [6, 6.07) is 11.8. The summed E-state index contributed by atoms with van der Waals surface area (Å²) < 4.78 is 24.9. The lowest BCUT2D eigenvalue weighted by atomic mass is 10.2. The maximum atomic E-state index is 12.4. The number of benzene rings is 2. The normalized spacial score (nSPS) is 11.4. The average Bonchev–Trinajstić information content (AvgIpc) is 2.32. The summed E-state index contributed by atoms with van der Waals surface area (Å²) >= 11 is 0. The van der Waals surface area contributed by atoms with Crippen molar-refractivity contribution in [1.82, 2.24) is 0 Å². The van der Waals surface area contributed by atoms with Gasteiger partial charge in [0.05, 0.1) is 15.5 Å². The number of anilines is 1. The van der Waals surface area contributed by atoms with Crippen LogP contribution in [0.3, 0.4) is 0 Å². The summed E-state index contributed by atoms with van der Waals surface area (Å²) in [5, 5.41) is 0. The second-order valence-corrected chi connectivity index (χ2v) is 6.28. The minimum Gasteiger partial charge on any atom is -0.398 e. The average molecular weight is 261 g/mol. The molecule has 0 saturated carbocycles. The lowest BCUT2D eigenvalue weighted by Crippen LogP contribution is -2.06. The Hall–Kier alpha value is -1.81. The zero-order chi connectivity index (χ0) is 13.3. The first-order chi connectivity index (χ1) is 8.41. The summed E-state index contributed by atoms with van der Waals surface area (Å²) in [6.07, 6.45) is 0. The number of rotatable bonds is 2. The van der Waals surface area contributed by atoms with E-state index >= 15 is 0 Å². The second-order valence-electron chi connectivity index (χ2n) is 4.36. The Morgan fingerprint density at radius 1 is 0.889 bits per heavy atom. The molecule has 2 N–H and O–H groups in total. The second kappa shape index (κ2) is 4.46. The van der Waals surface area contributed by atoms with Crippen molar-refractivity contribution in [2.24, 2.45) is 0 Å². The third-order valence-corrected chi connectivity index (χ3v) is 4.62. The molecule has 2 aromatic rings. The first kappa shape index (κ1) is 12.6. The highest BCUT2D eigenvalue weighted by molar-refractivity contribution is 7.91. The zero-order valence-electron chi connectivity index (χ0n) is 10.3. The molecule has 0 radical (unpaired) electrons. The highest BCUT2D eigenvalue weighted by Crippen LogP contribution is 2.26. The quantitative estimate of drug-likeness (QED) is 0.845. The largest absolute Gasteiger partial charge is 0.398 e. The van der Waals surface area contributed by atoms with Crippen molar-refractivity contribution in [3.8, 4) is 0 Å². The Kier molecular flexibility index (Phi) is 3.13. The van der Waals surface area contributed by atoms with E-state index in [1.54, 1.807) is 42.5 Å². The molecule has 3 nitrogen and oxygen atoms in total. The summed E-state index contributed by atoms with van der Waals surface area (Å²) in [4.78, 5) is 0.441. The Bertz CT molecular complexity index is 673. The zero-order valence-corrected chi connectivity index (χ0v) is 11.2. The molecule has 0 unspecified atom stereocenters. The molecule has 0 aliphatic carbocycles. The van der Waals surface area contributed by atoms with E-state index < -0.39 is 9.84 Å². The molecule has 0 atom stereocenters. The topological polar surface area (TPSA) is 60.2 Å². The van der Waals surface area contributed by atoms with Crippen LogP contribution < -0.4 is 5.73 Å². The van der Waals surface area contributed by atoms with Crippen molar-refractivity contribution >= 4 is 15.5 Å². The van der Waals surface area contributed by atoms with Gasteiger partial charge in [-0.05, 0) is 43.7 Å². The van der Waals surface area contributed by atoms with Crippen LogP contribution in [0.4, 0.5) is 5.69 Å². The third-order valence-electron chi connectivity index (χ3n) is 2.79. The summed E-state index contributed by atoms with van der Waals surface area (Å²) in [7, 11) is -3.53. The van der Waals surface area contributed by atoms with Gasteiger partial charge >= 0.3 is 0 Å². The van der Waals surface area contributed by atoms with Crippen molar-refractivity contribution in [2.75, 3.05) is 5.73 Å². The van der Waals surface area contributed by atoms with Crippen LogP contribution in [0.1, 0.15) is 11.1 Å². The smallest absolute Gasteiger partial charge is 0.208 e. The van der Waals surface area contributed by atoms with Gasteiger partial charge in [0.1, 0.15) is 0 Å². The molecule has 0 aliphatic rings. The fourth-order valence-electron chi connectivity index (χ4n) is 1.72. The summed E-state index contributed by atoms with van der Waals surface area (Å²) in [5.74, 6) is 0. The van der Waals surface area contributed by atoms with Gasteiger partial charge in [0, 0.05) is 0 Å². The number of nitrogens with two attached hydrogens (primary N) is 1. The number of hydrogen-bond acceptors (Lipinski definition) is 3. The monoisotopic (exact) mass is 261 g/mol. The van der Waals surface area contributed by atoms with Gasteiger partial charge in [-0.3, -0.25) is 0 Å². The molecule has 0 aliphatic heterocycles. The van der Waals surface area contributed by atoms with Crippen molar-refractivity contribution in [3.05, 3.63) is 53.6 Å². The molecule has 4 heteroatoms. The molecule has 0 bridgehead atoms. The molecule has 0 aromatic heterocycles. The predicted octanol–water partition coefficient (Wildman–Crippen LogP) is 2.72. The van der Waals surface area contributed by atoms with Crippen molar-refractivity contribution < 1.29 is 8.42 Å². The number of sulfone groups is 1. The highest BCUT2D eigenvalue weighted by atomic mass is 32.2. The Morgan fingerprint density at radius 3 is 2.06 bits per heavy atom. The minimum atomic E-state index is -3.53. The summed E-state index contributed by atoms with van der Waals surface area (Å²) in [5.41, 5.74) is 7.93. The number of aryl methyl sites for hydroxylation is 2. The fraction of sp³-hybridized carbons (Fsp3) is 0.143. The van der Waals surface area contributed by atoms with E-state index in [0.29, 0.717) is 0 Å². The molecule has 18 heavy (non-hydrogen) atoms. The van der Waals surface area contributed by atoms with E-state index in [-0.39, 0.29) is 15.5 Å². The molecule has 0 amide bonds. The number of hydrogen-bond donors (Lipinski definition) is 1. The van der Waals surface area contributed by atoms with Gasteiger partial charge in [-0.2, -0.15) is 0 Å².